The van der Waals surface area contributed by atoms with Crippen LogP contribution in [-0.2, 0) is 0 Å². The van der Waals surface area contributed by atoms with E-state index in [1.54, 1.807) is 0 Å². The Balaban J connectivity index is 2.28. The molecule has 0 radical (unpaired) electrons. The maximum Gasteiger partial charge on any atom is 0.274 e. The van der Waals surface area contributed by atoms with Crippen molar-refractivity contribution in [3.63, 3.8) is 0 Å². The minimum absolute atomic E-state index is 0.0805. The number of phenols is 1. The number of nitro benzene ring substituents is 1. The molecule has 1 aromatic carbocycles. The molecule has 1 aliphatic rings. The van der Waals surface area contributed by atoms with Crippen LogP contribution in [0.25, 0.3) is 0 Å². The van der Waals surface area contributed by atoms with Crippen LogP contribution >= 0.6 is 0 Å². The molecule has 0 aliphatic heterocycles. The van der Waals surface area contributed by atoms with Gasteiger partial charge in [-0.2, -0.15) is 0 Å². The Bertz CT molecular complexity index is 472. The number of phenolic OH excluding ortho intramolecular Hbond substituents is 1. The molecule has 19 heavy (non-hydrogen) atoms. The Hall–Kier alpha value is -1.66. The van der Waals surface area contributed by atoms with Crippen LogP contribution in [0.1, 0.15) is 37.3 Å². The fourth-order valence-electron chi connectivity index (χ4n) is 2.75. The van der Waals surface area contributed by atoms with Crippen molar-refractivity contribution >= 4 is 5.69 Å². The first kappa shape index (κ1) is 13.8. The summed E-state index contributed by atoms with van der Waals surface area (Å²) in [6.45, 7) is 0. The lowest BCUT2D eigenvalue weighted by molar-refractivity contribution is -0.385. The van der Waals surface area contributed by atoms with E-state index < -0.39 is 17.1 Å². The lowest BCUT2D eigenvalue weighted by atomic mass is 9.90. The summed E-state index contributed by atoms with van der Waals surface area (Å²) in [7, 11) is 0. The molecule has 6 nitrogen and oxygen atoms in total. The van der Waals surface area contributed by atoms with Crippen LogP contribution in [-0.4, -0.2) is 21.2 Å². The third-order valence-corrected chi connectivity index (χ3v) is 3.82. The molecule has 6 heteroatoms. The summed E-state index contributed by atoms with van der Waals surface area (Å²) in [4.78, 5) is 10.4. The van der Waals surface area contributed by atoms with E-state index >= 15 is 0 Å². The van der Waals surface area contributed by atoms with E-state index in [9.17, 15) is 20.3 Å². The second-order valence-corrected chi connectivity index (χ2v) is 5.06. The van der Waals surface area contributed by atoms with Crippen molar-refractivity contribution < 1.29 is 15.1 Å². The summed E-state index contributed by atoms with van der Waals surface area (Å²) in [5, 5.41) is 30.7. The first-order chi connectivity index (χ1) is 9.00. The number of rotatable bonds is 4. The number of aromatic hydroxyl groups is 1. The quantitative estimate of drug-likeness (QED) is 0.569. The largest absolute Gasteiger partial charge is 0.508 e. The summed E-state index contributed by atoms with van der Waals surface area (Å²) in [5.41, 5.74) is 5.98. The molecule has 2 atom stereocenters. The number of nitrogens with zero attached hydrogens (tertiary/aromatic N) is 1. The van der Waals surface area contributed by atoms with Gasteiger partial charge in [-0.05, 0) is 30.9 Å². The lowest BCUT2D eigenvalue weighted by Gasteiger charge is -2.24. The number of hydrogen-bond acceptors (Lipinski definition) is 5. The molecule has 0 bridgehead atoms. The number of benzene rings is 1. The van der Waals surface area contributed by atoms with Crippen molar-refractivity contribution in [3.8, 4) is 5.75 Å². The van der Waals surface area contributed by atoms with E-state index in [4.69, 9.17) is 5.73 Å². The van der Waals surface area contributed by atoms with Crippen molar-refractivity contribution in [3.05, 3.63) is 33.9 Å². The van der Waals surface area contributed by atoms with Crippen LogP contribution in [0.4, 0.5) is 5.69 Å². The van der Waals surface area contributed by atoms with Crippen LogP contribution in [0.3, 0.4) is 0 Å². The van der Waals surface area contributed by atoms with E-state index in [2.05, 4.69) is 0 Å². The molecular weight excluding hydrogens is 248 g/mol. The van der Waals surface area contributed by atoms with Crippen molar-refractivity contribution in [2.24, 2.45) is 11.7 Å². The van der Waals surface area contributed by atoms with Crippen LogP contribution in [0, 0.1) is 16.0 Å². The molecule has 0 unspecified atom stereocenters. The van der Waals surface area contributed by atoms with Crippen LogP contribution in [0.5, 0.6) is 5.75 Å². The van der Waals surface area contributed by atoms with Gasteiger partial charge in [0.25, 0.3) is 5.69 Å². The normalized spacial score (nSPS) is 19.3. The minimum Gasteiger partial charge on any atom is -0.508 e. The smallest absolute Gasteiger partial charge is 0.274 e. The summed E-state index contributed by atoms with van der Waals surface area (Å²) in [5.74, 6) is -0.00775. The highest BCUT2D eigenvalue weighted by atomic mass is 16.6. The van der Waals surface area contributed by atoms with Gasteiger partial charge in [-0.15, -0.1) is 0 Å². The van der Waals surface area contributed by atoms with Gasteiger partial charge in [0.05, 0.1) is 22.6 Å². The first-order valence-corrected chi connectivity index (χ1v) is 6.41. The van der Waals surface area contributed by atoms with Gasteiger partial charge >= 0.3 is 0 Å². The molecule has 2 rings (SSSR count). The number of nitro groups is 1. The van der Waals surface area contributed by atoms with E-state index in [1.165, 1.54) is 18.2 Å². The van der Waals surface area contributed by atoms with Crippen molar-refractivity contribution in [1.82, 2.24) is 0 Å². The molecule has 0 spiro atoms. The summed E-state index contributed by atoms with van der Waals surface area (Å²) in [6.07, 6.45) is 3.07. The first-order valence-electron chi connectivity index (χ1n) is 6.41. The monoisotopic (exact) mass is 266 g/mol. The molecule has 4 N–H and O–H groups in total. The van der Waals surface area contributed by atoms with Gasteiger partial charge in [-0.1, -0.05) is 12.8 Å². The molecule has 0 aromatic heterocycles. The molecule has 0 amide bonds. The van der Waals surface area contributed by atoms with E-state index in [1.807, 2.05) is 0 Å². The van der Waals surface area contributed by atoms with E-state index in [-0.39, 0.29) is 22.9 Å². The van der Waals surface area contributed by atoms with Crippen molar-refractivity contribution in [2.45, 2.75) is 37.8 Å². The predicted molar refractivity (Wildman–Crippen MR) is 69.7 cm³/mol. The molecule has 1 aromatic rings. The second kappa shape index (κ2) is 5.54. The molecule has 104 valence electrons. The van der Waals surface area contributed by atoms with E-state index in [0.717, 1.165) is 25.7 Å². The Morgan fingerprint density at radius 3 is 2.58 bits per heavy atom. The summed E-state index contributed by atoms with van der Waals surface area (Å²) < 4.78 is 0. The Morgan fingerprint density at radius 2 is 2.00 bits per heavy atom. The van der Waals surface area contributed by atoms with Crippen LogP contribution in [0.15, 0.2) is 18.2 Å². The average molecular weight is 266 g/mol. The summed E-state index contributed by atoms with van der Waals surface area (Å²) in [6, 6.07) is 2.87. The number of aliphatic hydroxyl groups excluding tert-OH is 1. The highest BCUT2D eigenvalue weighted by molar-refractivity contribution is 5.47. The predicted octanol–water partition coefficient (Wildman–Crippen LogP) is 1.85. The highest BCUT2D eigenvalue weighted by Gasteiger charge is 2.32. The molecule has 0 saturated heterocycles. The van der Waals surface area contributed by atoms with Crippen LogP contribution < -0.4 is 5.73 Å². The topological polar surface area (TPSA) is 110 Å². The number of hydrogen-bond donors (Lipinski definition) is 3. The number of nitrogens with two attached hydrogens (primary N) is 1. The molecule has 1 aliphatic carbocycles. The maximum absolute atomic E-state index is 11.0. The summed E-state index contributed by atoms with van der Waals surface area (Å²) >= 11 is 0. The van der Waals surface area contributed by atoms with Gasteiger partial charge < -0.3 is 15.9 Å². The molecule has 1 fully saturated rings. The van der Waals surface area contributed by atoms with Gasteiger partial charge in [0.1, 0.15) is 5.75 Å². The Labute approximate surface area is 111 Å². The third kappa shape index (κ3) is 2.85. The molecule has 1 saturated carbocycles. The standard InChI is InChI=1S/C13H18N2O4/c14-12(13(17)8-3-1-2-4-8)10-7-9(16)5-6-11(10)15(18)19/h5-8,12-13,16-17H,1-4,14H2/t12-,13+/m0/s1. The van der Waals surface area contributed by atoms with Gasteiger partial charge in [-0.25, -0.2) is 0 Å². The van der Waals surface area contributed by atoms with Gasteiger partial charge in [0, 0.05) is 6.07 Å². The highest BCUT2D eigenvalue weighted by Crippen LogP contribution is 2.36. The minimum atomic E-state index is -0.851. The average Bonchev–Trinajstić information content (AvgIpc) is 2.90. The fourth-order valence-corrected chi connectivity index (χ4v) is 2.75. The zero-order chi connectivity index (χ0) is 14.0. The fraction of sp³-hybridized carbons (Fsp3) is 0.538. The maximum atomic E-state index is 11.0. The van der Waals surface area contributed by atoms with Gasteiger partial charge in [0.15, 0.2) is 0 Å². The third-order valence-electron chi connectivity index (χ3n) is 3.82. The number of aliphatic hydroxyl groups is 1. The molecular formula is C13H18N2O4. The Morgan fingerprint density at radius 1 is 1.37 bits per heavy atom. The van der Waals surface area contributed by atoms with Gasteiger partial charge in [-0.3, -0.25) is 10.1 Å². The van der Waals surface area contributed by atoms with Crippen molar-refractivity contribution in [1.29, 1.82) is 0 Å². The molecule has 0 heterocycles. The van der Waals surface area contributed by atoms with E-state index in [0.29, 0.717) is 0 Å². The SMILES string of the molecule is N[C@@H](c1cc(O)ccc1[N+](=O)[O-])[C@H](O)C1CCCC1. The zero-order valence-electron chi connectivity index (χ0n) is 10.5. The van der Waals surface area contributed by atoms with Crippen molar-refractivity contribution in [2.75, 3.05) is 0 Å². The lowest BCUT2D eigenvalue weighted by Crippen LogP contribution is -2.32. The Kier molecular flexibility index (Phi) is 4.01. The van der Waals surface area contributed by atoms with Crippen LogP contribution in [0.2, 0.25) is 0 Å². The second-order valence-electron chi connectivity index (χ2n) is 5.06. The van der Waals surface area contributed by atoms with Gasteiger partial charge in [0.2, 0.25) is 0 Å². The zero-order valence-corrected chi connectivity index (χ0v) is 10.5.